The quantitative estimate of drug-likeness (QED) is 0.665. The van der Waals surface area contributed by atoms with Crippen molar-refractivity contribution >= 4 is 27.5 Å². The SMILES string of the molecule is Cc1cc(C)c(OCC(=O)OCc2nc3sc4c(c3c(=O)[nH]2)CCC4)c(C)c1. The second kappa shape index (κ2) is 7.39. The number of thiophene rings is 1. The summed E-state index contributed by atoms with van der Waals surface area (Å²) in [5.41, 5.74) is 4.09. The van der Waals surface area contributed by atoms with E-state index in [1.165, 1.54) is 4.88 Å². The lowest BCUT2D eigenvalue weighted by atomic mass is 10.1. The molecule has 1 N–H and O–H groups in total. The third kappa shape index (κ3) is 3.54. The van der Waals surface area contributed by atoms with Crippen LogP contribution in [0.25, 0.3) is 10.2 Å². The molecule has 1 aromatic carbocycles. The van der Waals surface area contributed by atoms with Gasteiger partial charge in [0.25, 0.3) is 5.56 Å². The van der Waals surface area contributed by atoms with Gasteiger partial charge in [-0.1, -0.05) is 17.7 Å². The molecule has 0 atom stereocenters. The van der Waals surface area contributed by atoms with Crippen LogP contribution in [0, 0.1) is 20.8 Å². The molecule has 1 aliphatic carbocycles. The minimum absolute atomic E-state index is 0.0815. The van der Waals surface area contributed by atoms with E-state index in [0.29, 0.717) is 17.0 Å². The van der Waals surface area contributed by atoms with Crippen LogP contribution in [-0.2, 0) is 29.0 Å². The summed E-state index contributed by atoms with van der Waals surface area (Å²) in [4.78, 5) is 33.7. The highest BCUT2D eigenvalue weighted by atomic mass is 32.1. The summed E-state index contributed by atoms with van der Waals surface area (Å²) in [7, 11) is 0. The van der Waals surface area contributed by atoms with Crippen molar-refractivity contribution in [1.82, 2.24) is 9.97 Å². The van der Waals surface area contributed by atoms with Crippen molar-refractivity contribution in [3.8, 4) is 5.75 Å². The first-order chi connectivity index (χ1) is 13.4. The smallest absolute Gasteiger partial charge is 0.344 e. The molecule has 0 radical (unpaired) electrons. The minimum Gasteiger partial charge on any atom is -0.481 e. The van der Waals surface area contributed by atoms with Gasteiger partial charge in [0.15, 0.2) is 6.61 Å². The molecule has 0 saturated heterocycles. The lowest BCUT2D eigenvalue weighted by Gasteiger charge is -2.12. The molecule has 6 nitrogen and oxygen atoms in total. The van der Waals surface area contributed by atoms with E-state index in [0.717, 1.165) is 46.3 Å². The molecule has 3 aromatic rings. The summed E-state index contributed by atoms with van der Waals surface area (Å²) in [5.74, 6) is 0.549. The van der Waals surface area contributed by atoms with Gasteiger partial charge in [0.1, 0.15) is 23.0 Å². The van der Waals surface area contributed by atoms with Crippen LogP contribution in [0.3, 0.4) is 0 Å². The summed E-state index contributed by atoms with van der Waals surface area (Å²) in [6.07, 6.45) is 3.04. The molecule has 0 aliphatic heterocycles. The molecule has 0 spiro atoms. The molecule has 0 unspecified atom stereocenters. The Morgan fingerprint density at radius 3 is 2.71 bits per heavy atom. The number of aromatic nitrogens is 2. The van der Waals surface area contributed by atoms with Crippen LogP contribution in [0.5, 0.6) is 5.75 Å². The lowest BCUT2D eigenvalue weighted by molar-refractivity contribution is -0.147. The van der Waals surface area contributed by atoms with E-state index in [1.54, 1.807) is 11.3 Å². The largest absolute Gasteiger partial charge is 0.481 e. The average molecular weight is 398 g/mol. The van der Waals surface area contributed by atoms with Gasteiger partial charge in [-0.2, -0.15) is 0 Å². The number of hydrogen-bond acceptors (Lipinski definition) is 6. The summed E-state index contributed by atoms with van der Waals surface area (Å²) in [5, 5.41) is 0.696. The second-order valence-corrected chi connectivity index (χ2v) is 8.31. The van der Waals surface area contributed by atoms with Crippen molar-refractivity contribution in [2.45, 2.75) is 46.6 Å². The van der Waals surface area contributed by atoms with Crippen LogP contribution < -0.4 is 10.3 Å². The number of aryl methyl sites for hydroxylation is 5. The molecule has 0 fully saturated rings. The maximum Gasteiger partial charge on any atom is 0.344 e. The molecule has 28 heavy (non-hydrogen) atoms. The maximum atomic E-state index is 12.4. The highest BCUT2D eigenvalue weighted by molar-refractivity contribution is 7.18. The van der Waals surface area contributed by atoms with Crippen molar-refractivity contribution in [3.63, 3.8) is 0 Å². The van der Waals surface area contributed by atoms with E-state index in [9.17, 15) is 9.59 Å². The Morgan fingerprint density at radius 2 is 1.96 bits per heavy atom. The highest BCUT2D eigenvalue weighted by Gasteiger charge is 2.21. The van der Waals surface area contributed by atoms with Crippen LogP contribution in [0.4, 0.5) is 0 Å². The van der Waals surface area contributed by atoms with Crippen LogP contribution in [0.2, 0.25) is 0 Å². The Kier molecular flexibility index (Phi) is 4.93. The van der Waals surface area contributed by atoms with Gasteiger partial charge in [-0.3, -0.25) is 4.79 Å². The Bertz CT molecular complexity index is 1110. The number of benzene rings is 1. The van der Waals surface area contributed by atoms with Gasteiger partial charge in [0.2, 0.25) is 0 Å². The molecule has 146 valence electrons. The molecule has 2 heterocycles. The highest BCUT2D eigenvalue weighted by Crippen LogP contribution is 2.34. The van der Waals surface area contributed by atoms with Crippen molar-refractivity contribution in [2.24, 2.45) is 0 Å². The first-order valence-corrected chi connectivity index (χ1v) is 10.1. The van der Waals surface area contributed by atoms with Gasteiger partial charge < -0.3 is 14.5 Å². The van der Waals surface area contributed by atoms with Crippen LogP contribution >= 0.6 is 11.3 Å². The molecule has 1 aliphatic rings. The maximum absolute atomic E-state index is 12.4. The standard InChI is InChI=1S/C21H22N2O4S/c1-11-7-12(2)19(13(3)8-11)27-10-17(24)26-9-16-22-20(25)18-14-5-4-6-15(14)28-21(18)23-16/h7-8H,4-6,9-10H2,1-3H3,(H,22,23,25). The summed E-state index contributed by atoms with van der Waals surface area (Å²) in [6.45, 7) is 5.64. The third-order valence-electron chi connectivity index (χ3n) is 4.93. The van der Waals surface area contributed by atoms with Gasteiger partial charge in [-0.05, 0) is 56.7 Å². The summed E-state index contributed by atoms with van der Waals surface area (Å²) < 4.78 is 10.9. The van der Waals surface area contributed by atoms with Crippen LogP contribution in [0.1, 0.15) is 39.4 Å². The van der Waals surface area contributed by atoms with Crippen molar-refractivity contribution in [3.05, 3.63) is 55.4 Å². The molecule has 0 bridgehead atoms. The Hall–Kier alpha value is -2.67. The molecule has 2 aromatic heterocycles. The number of ether oxygens (including phenoxy) is 2. The topological polar surface area (TPSA) is 81.3 Å². The Labute approximate surface area is 166 Å². The van der Waals surface area contributed by atoms with E-state index < -0.39 is 5.97 Å². The second-order valence-electron chi connectivity index (χ2n) is 7.23. The third-order valence-corrected chi connectivity index (χ3v) is 6.12. The van der Waals surface area contributed by atoms with Crippen LogP contribution in [-0.4, -0.2) is 22.5 Å². The van der Waals surface area contributed by atoms with Crippen LogP contribution in [0.15, 0.2) is 16.9 Å². The average Bonchev–Trinajstić information content (AvgIpc) is 3.19. The summed E-state index contributed by atoms with van der Waals surface area (Å²) in [6, 6.07) is 4.02. The number of esters is 1. The van der Waals surface area contributed by atoms with E-state index >= 15 is 0 Å². The van der Waals surface area contributed by atoms with E-state index in [-0.39, 0.29) is 18.8 Å². The lowest BCUT2D eigenvalue weighted by Crippen LogP contribution is -2.18. The fraction of sp³-hybridized carbons (Fsp3) is 0.381. The van der Waals surface area contributed by atoms with Gasteiger partial charge in [0, 0.05) is 4.88 Å². The molecule has 0 saturated carbocycles. The zero-order valence-electron chi connectivity index (χ0n) is 16.2. The first-order valence-electron chi connectivity index (χ1n) is 9.32. The minimum atomic E-state index is -0.504. The molecule has 0 amide bonds. The van der Waals surface area contributed by atoms with Crippen molar-refractivity contribution in [2.75, 3.05) is 6.61 Å². The Morgan fingerprint density at radius 1 is 1.21 bits per heavy atom. The number of carbonyl (C=O) groups excluding carboxylic acids is 1. The molecular weight excluding hydrogens is 376 g/mol. The number of rotatable bonds is 5. The van der Waals surface area contributed by atoms with E-state index in [1.807, 2.05) is 32.9 Å². The van der Waals surface area contributed by atoms with Gasteiger partial charge in [-0.15, -0.1) is 11.3 Å². The number of nitrogens with one attached hydrogen (secondary N) is 1. The van der Waals surface area contributed by atoms with Gasteiger partial charge in [0.05, 0.1) is 5.39 Å². The normalized spacial score (nSPS) is 13.0. The Balaban J connectivity index is 1.41. The fourth-order valence-electron chi connectivity index (χ4n) is 3.83. The van der Waals surface area contributed by atoms with Gasteiger partial charge in [-0.25, -0.2) is 9.78 Å². The number of hydrogen-bond donors (Lipinski definition) is 1. The number of fused-ring (bicyclic) bond motifs is 3. The number of carbonyl (C=O) groups is 1. The zero-order valence-corrected chi connectivity index (χ0v) is 17.0. The molecule has 7 heteroatoms. The first kappa shape index (κ1) is 18.7. The monoisotopic (exact) mass is 398 g/mol. The van der Waals surface area contributed by atoms with Gasteiger partial charge >= 0.3 is 5.97 Å². The number of aromatic amines is 1. The predicted octanol–water partition coefficient (Wildman–Crippen LogP) is 3.52. The van der Waals surface area contributed by atoms with Crippen molar-refractivity contribution < 1.29 is 14.3 Å². The molecule has 4 rings (SSSR count). The van der Waals surface area contributed by atoms with E-state index in [4.69, 9.17) is 9.47 Å². The van der Waals surface area contributed by atoms with Crippen molar-refractivity contribution in [1.29, 1.82) is 0 Å². The zero-order chi connectivity index (χ0) is 19.8. The number of H-pyrrole nitrogens is 1. The number of nitrogens with zero attached hydrogens (tertiary/aromatic N) is 1. The summed E-state index contributed by atoms with van der Waals surface area (Å²) >= 11 is 1.56. The predicted molar refractivity (Wildman–Crippen MR) is 108 cm³/mol. The fourth-order valence-corrected chi connectivity index (χ4v) is 5.11. The molecular formula is C21H22N2O4S. The van der Waals surface area contributed by atoms with E-state index in [2.05, 4.69) is 9.97 Å².